The van der Waals surface area contributed by atoms with Crippen molar-refractivity contribution in [2.75, 3.05) is 26.2 Å². The highest BCUT2D eigenvalue weighted by atomic mass is 32.1. The minimum absolute atomic E-state index is 0.0900. The molecule has 0 atom stereocenters. The molecule has 0 saturated carbocycles. The van der Waals surface area contributed by atoms with Gasteiger partial charge in [0.2, 0.25) is 5.91 Å². The van der Waals surface area contributed by atoms with Crippen molar-refractivity contribution in [3.05, 3.63) is 63.7 Å². The Labute approximate surface area is 188 Å². The van der Waals surface area contributed by atoms with E-state index < -0.39 is 0 Å². The van der Waals surface area contributed by atoms with Gasteiger partial charge in [-0.15, -0.1) is 0 Å². The highest BCUT2D eigenvalue weighted by Crippen LogP contribution is 2.23. The molecule has 1 aliphatic heterocycles. The fraction of sp³-hybridized carbons (Fsp3) is 0.417. The van der Waals surface area contributed by atoms with E-state index in [1.54, 1.807) is 17.4 Å². The summed E-state index contributed by atoms with van der Waals surface area (Å²) in [7, 11) is 0. The maximum Gasteiger partial charge on any atom is 0.246 e. The van der Waals surface area contributed by atoms with E-state index in [4.69, 9.17) is 0 Å². The zero-order chi connectivity index (χ0) is 22.0. The molecular weight excluding hydrogens is 406 g/mol. The van der Waals surface area contributed by atoms with E-state index in [1.165, 1.54) is 5.56 Å². The van der Waals surface area contributed by atoms with Crippen molar-refractivity contribution in [3.8, 4) is 5.82 Å². The van der Waals surface area contributed by atoms with E-state index in [1.807, 2.05) is 27.9 Å². The number of piperazine rings is 1. The Morgan fingerprint density at radius 1 is 1.19 bits per heavy atom. The maximum atomic E-state index is 12.8. The molecule has 0 spiro atoms. The van der Waals surface area contributed by atoms with E-state index in [0.29, 0.717) is 0 Å². The van der Waals surface area contributed by atoms with Gasteiger partial charge >= 0.3 is 0 Å². The predicted octanol–water partition coefficient (Wildman–Crippen LogP) is 4.29. The number of hydrogen-bond donors (Lipinski definition) is 0. The number of nitrogens with zero attached hydrogens (tertiary/aromatic N) is 5. The largest absolute Gasteiger partial charge is 0.337 e. The molecule has 4 heterocycles. The molecule has 0 aromatic carbocycles. The van der Waals surface area contributed by atoms with Crippen LogP contribution < -0.4 is 0 Å². The SMILES string of the molecule is Cc1cc(C=CC(=O)N2CCN(Cc3ccsc3)CC2)c(C)n1-c1ccnn1C(C)C. The van der Waals surface area contributed by atoms with Crippen molar-refractivity contribution >= 4 is 23.3 Å². The Bertz CT molecular complexity index is 1050. The number of carbonyl (C=O) groups excluding carboxylic acids is 1. The Morgan fingerprint density at radius 3 is 2.65 bits per heavy atom. The average Bonchev–Trinajstić information content (AvgIpc) is 3.48. The molecule has 164 valence electrons. The van der Waals surface area contributed by atoms with Crippen LogP contribution in [-0.2, 0) is 11.3 Å². The van der Waals surface area contributed by atoms with Crippen LogP contribution in [0.25, 0.3) is 11.9 Å². The average molecular weight is 438 g/mol. The molecular formula is C24H31N5OS. The van der Waals surface area contributed by atoms with E-state index in [0.717, 1.165) is 55.5 Å². The molecule has 0 aliphatic carbocycles. The van der Waals surface area contributed by atoms with Crippen LogP contribution in [0.3, 0.4) is 0 Å². The monoisotopic (exact) mass is 437 g/mol. The summed E-state index contributed by atoms with van der Waals surface area (Å²) >= 11 is 1.74. The molecule has 4 rings (SSSR count). The molecule has 0 N–H and O–H groups in total. The maximum absolute atomic E-state index is 12.8. The molecule has 0 bridgehead atoms. The van der Waals surface area contributed by atoms with Crippen LogP contribution in [0, 0.1) is 13.8 Å². The Hall–Kier alpha value is -2.64. The van der Waals surface area contributed by atoms with Gasteiger partial charge in [0.25, 0.3) is 0 Å². The van der Waals surface area contributed by atoms with Gasteiger partial charge < -0.3 is 9.47 Å². The Morgan fingerprint density at radius 2 is 1.97 bits per heavy atom. The van der Waals surface area contributed by atoms with Crippen LogP contribution in [0.5, 0.6) is 0 Å². The Kier molecular flexibility index (Phi) is 6.43. The smallest absolute Gasteiger partial charge is 0.246 e. The van der Waals surface area contributed by atoms with Gasteiger partial charge in [-0.25, -0.2) is 4.68 Å². The highest BCUT2D eigenvalue weighted by molar-refractivity contribution is 7.07. The van der Waals surface area contributed by atoms with Gasteiger partial charge in [0, 0.05) is 62.3 Å². The number of hydrogen-bond acceptors (Lipinski definition) is 4. The van der Waals surface area contributed by atoms with Gasteiger partial charge in [0.1, 0.15) is 5.82 Å². The number of aryl methyl sites for hydroxylation is 1. The molecule has 6 nitrogen and oxygen atoms in total. The lowest BCUT2D eigenvalue weighted by atomic mass is 10.2. The van der Waals surface area contributed by atoms with Crippen molar-refractivity contribution in [2.45, 2.75) is 40.3 Å². The first-order valence-corrected chi connectivity index (χ1v) is 11.8. The van der Waals surface area contributed by atoms with Gasteiger partial charge in [-0.3, -0.25) is 9.69 Å². The van der Waals surface area contributed by atoms with Crippen molar-refractivity contribution in [2.24, 2.45) is 0 Å². The normalized spacial score (nSPS) is 15.5. The summed E-state index contributed by atoms with van der Waals surface area (Å²) in [6.45, 7) is 12.8. The first kappa shape index (κ1) is 21.6. The molecule has 1 fully saturated rings. The summed E-state index contributed by atoms with van der Waals surface area (Å²) in [6.07, 6.45) is 5.51. The first-order valence-electron chi connectivity index (χ1n) is 10.9. The van der Waals surface area contributed by atoms with E-state index in [-0.39, 0.29) is 11.9 Å². The van der Waals surface area contributed by atoms with Crippen molar-refractivity contribution in [1.29, 1.82) is 0 Å². The lowest BCUT2D eigenvalue weighted by Crippen LogP contribution is -2.47. The third-order valence-corrected chi connectivity index (χ3v) is 6.65. The summed E-state index contributed by atoms with van der Waals surface area (Å²) in [4.78, 5) is 17.1. The van der Waals surface area contributed by atoms with Crippen LogP contribution >= 0.6 is 11.3 Å². The highest BCUT2D eigenvalue weighted by Gasteiger charge is 2.20. The van der Waals surface area contributed by atoms with Crippen molar-refractivity contribution in [3.63, 3.8) is 0 Å². The topological polar surface area (TPSA) is 46.3 Å². The summed E-state index contributed by atoms with van der Waals surface area (Å²) in [5.74, 6) is 1.14. The van der Waals surface area contributed by atoms with Crippen LogP contribution in [0.1, 0.15) is 42.4 Å². The van der Waals surface area contributed by atoms with Gasteiger partial charge in [-0.05, 0) is 67.8 Å². The number of aromatic nitrogens is 3. The zero-order valence-corrected chi connectivity index (χ0v) is 19.6. The summed E-state index contributed by atoms with van der Waals surface area (Å²) in [5, 5.41) is 8.78. The third-order valence-electron chi connectivity index (χ3n) is 5.91. The number of rotatable bonds is 6. The van der Waals surface area contributed by atoms with Gasteiger partial charge in [0.05, 0.1) is 6.20 Å². The summed E-state index contributed by atoms with van der Waals surface area (Å²) in [5.41, 5.74) is 4.68. The standard InChI is InChI=1S/C24H31N5OS/c1-18(2)29-23(7-9-25-29)28-19(3)15-22(20(28)4)5-6-24(30)27-12-10-26(11-13-27)16-21-8-14-31-17-21/h5-9,14-15,17-18H,10-13,16H2,1-4H3. The first-order chi connectivity index (χ1) is 14.9. The molecule has 31 heavy (non-hydrogen) atoms. The lowest BCUT2D eigenvalue weighted by molar-refractivity contribution is -0.127. The zero-order valence-electron chi connectivity index (χ0n) is 18.8. The van der Waals surface area contributed by atoms with Crippen LogP contribution in [-0.4, -0.2) is 56.2 Å². The summed E-state index contributed by atoms with van der Waals surface area (Å²) in [6, 6.07) is 6.63. The van der Waals surface area contributed by atoms with Gasteiger partial charge in [-0.2, -0.15) is 16.4 Å². The number of thiophene rings is 1. The van der Waals surface area contributed by atoms with Gasteiger partial charge in [-0.1, -0.05) is 0 Å². The lowest BCUT2D eigenvalue weighted by Gasteiger charge is -2.34. The van der Waals surface area contributed by atoms with E-state index >= 15 is 0 Å². The van der Waals surface area contributed by atoms with E-state index in [2.05, 4.69) is 65.2 Å². The number of carbonyl (C=O) groups is 1. The van der Waals surface area contributed by atoms with Crippen LogP contribution in [0.4, 0.5) is 0 Å². The molecule has 7 heteroatoms. The fourth-order valence-corrected chi connectivity index (χ4v) is 4.88. The minimum Gasteiger partial charge on any atom is -0.337 e. The second-order valence-corrected chi connectivity index (χ2v) is 9.24. The second kappa shape index (κ2) is 9.24. The molecule has 0 unspecified atom stereocenters. The van der Waals surface area contributed by atoms with E-state index in [9.17, 15) is 4.79 Å². The molecule has 0 radical (unpaired) electrons. The third kappa shape index (κ3) is 4.67. The van der Waals surface area contributed by atoms with Crippen molar-refractivity contribution < 1.29 is 4.79 Å². The quantitative estimate of drug-likeness (QED) is 0.541. The predicted molar refractivity (Wildman–Crippen MR) is 127 cm³/mol. The fourth-order valence-electron chi connectivity index (χ4n) is 4.22. The van der Waals surface area contributed by atoms with Crippen LogP contribution in [0.15, 0.2) is 41.2 Å². The van der Waals surface area contributed by atoms with Crippen molar-refractivity contribution in [1.82, 2.24) is 24.1 Å². The summed E-state index contributed by atoms with van der Waals surface area (Å²) < 4.78 is 4.23. The second-order valence-electron chi connectivity index (χ2n) is 8.46. The molecule has 3 aromatic rings. The molecule has 1 saturated heterocycles. The minimum atomic E-state index is 0.0900. The number of amides is 1. The molecule has 1 aliphatic rings. The van der Waals surface area contributed by atoms with Crippen LogP contribution in [0.2, 0.25) is 0 Å². The molecule has 3 aromatic heterocycles. The van der Waals surface area contributed by atoms with Gasteiger partial charge in [0.15, 0.2) is 0 Å². The Balaban J connectivity index is 1.41. The molecule has 1 amide bonds.